The lowest BCUT2D eigenvalue weighted by Crippen LogP contribution is -2.24. The van der Waals surface area contributed by atoms with Crippen LogP contribution in [0.25, 0.3) is 0 Å². The predicted molar refractivity (Wildman–Crippen MR) is 79.0 cm³/mol. The van der Waals surface area contributed by atoms with Crippen LogP contribution in [0.5, 0.6) is 5.88 Å². The summed E-state index contributed by atoms with van der Waals surface area (Å²) in [4.78, 5) is 11.0. The van der Waals surface area contributed by atoms with Crippen molar-refractivity contribution in [2.75, 3.05) is 31.6 Å². The topological polar surface area (TPSA) is 50.3 Å². The number of hydrogen-bond donors (Lipinski definition) is 1. The minimum atomic E-state index is 0.662. The number of ether oxygens (including phenoxy) is 1. The molecule has 2 aliphatic rings. The summed E-state index contributed by atoms with van der Waals surface area (Å²) in [7, 11) is 0. The Morgan fingerprint density at radius 3 is 3.05 bits per heavy atom. The molecule has 1 saturated carbocycles. The van der Waals surface area contributed by atoms with Gasteiger partial charge >= 0.3 is 0 Å². The molecule has 2 fully saturated rings. The number of rotatable bonds is 7. The summed E-state index contributed by atoms with van der Waals surface area (Å²) in [6.45, 7) is 6.29. The highest BCUT2D eigenvalue weighted by atomic mass is 16.5. The van der Waals surface area contributed by atoms with Gasteiger partial charge < -0.3 is 15.0 Å². The molecule has 0 radical (unpaired) electrons. The number of nitrogens with zero attached hydrogens (tertiary/aromatic N) is 3. The second-order valence-corrected chi connectivity index (χ2v) is 5.85. The molecular formula is C15H24N4O. The molecule has 5 heteroatoms. The zero-order valence-electron chi connectivity index (χ0n) is 12.2. The molecule has 1 saturated heterocycles. The van der Waals surface area contributed by atoms with Crippen LogP contribution in [0.15, 0.2) is 12.4 Å². The largest absolute Gasteiger partial charge is 0.478 e. The van der Waals surface area contributed by atoms with Gasteiger partial charge in [0, 0.05) is 25.2 Å². The predicted octanol–water partition coefficient (Wildman–Crippen LogP) is 2.16. The Morgan fingerprint density at radius 2 is 2.25 bits per heavy atom. The molecule has 2 heterocycles. The van der Waals surface area contributed by atoms with Crippen LogP contribution in [0.4, 0.5) is 5.82 Å². The molecule has 0 bridgehead atoms. The van der Waals surface area contributed by atoms with E-state index < -0.39 is 0 Å². The van der Waals surface area contributed by atoms with Gasteiger partial charge in [-0.3, -0.25) is 0 Å². The molecule has 1 aromatic heterocycles. The lowest BCUT2D eigenvalue weighted by Gasteiger charge is -2.15. The molecule has 1 aliphatic heterocycles. The average molecular weight is 276 g/mol. The molecule has 110 valence electrons. The van der Waals surface area contributed by atoms with Crippen LogP contribution >= 0.6 is 0 Å². The van der Waals surface area contributed by atoms with Crippen molar-refractivity contribution in [3.05, 3.63) is 12.4 Å². The third kappa shape index (κ3) is 3.60. The van der Waals surface area contributed by atoms with Crippen molar-refractivity contribution < 1.29 is 4.74 Å². The van der Waals surface area contributed by atoms with E-state index in [0.29, 0.717) is 12.5 Å². The number of anilines is 1. The quantitative estimate of drug-likeness (QED) is 0.827. The van der Waals surface area contributed by atoms with E-state index in [-0.39, 0.29) is 0 Å². The Morgan fingerprint density at radius 1 is 1.35 bits per heavy atom. The number of hydrogen-bond acceptors (Lipinski definition) is 5. The maximum absolute atomic E-state index is 5.53. The summed E-state index contributed by atoms with van der Waals surface area (Å²) >= 11 is 0. The average Bonchev–Trinajstić information content (AvgIpc) is 3.22. The minimum absolute atomic E-state index is 0.662. The van der Waals surface area contributed by atoms with Crippen LogP contribution in [0.2, 0.25) is 0 Å². The van der Waals surface area contributed by atoms with Gasteiger partial charge in [-0.25, -0.2) is 9.97 Å². The van der Waals surface area contributed by atoms with E-state index in [4.69, 9.17) is 4.74 Å². The van der Waals surface area contributed by atoms with Gasteiger partial charge in [0.15, 0.2) is 0 Å². The van der Waals surface area contributed by atoms with Crippen molar-refractivity contribution in [3.8, 4) is 5.88 Å². The van der Waals surface area contributed by atoms with Crippen LogP contribution < -0.4 is 10.1 Å². The monoisotopic (exact) mass is 276 g/mol. The highest BCUT2D eigenvalue weighted by Crippen LogP contribution is 2.31. The first-order valence-electron chi connectivity index (χ1n) is 7.78. The second kappa shape index (κ2) is 6.39. The van der Waals surface area contributed by atoms with E-state index in [1.165, 1.54) is 32.4 Å². The van der Waals surface area contributed by atoms with Crippen molar-refractivity contribution in [1.82, 2.24) is 14.9 Å². The molecule has 1 aromatic rings. The van der Waals surface area contributed by atoms with E-state index in [1.807, 2.05) is 6.07 Å². The molecule has 1 unspecified atom stereocenters. The number of nitrogens with one attached hydrogen (secondary N) is 1. The Bertz CT molecular complexity index is 436. The van der Waals surface area contributed by atoms with E-state index >= 15 is 0 Å². The molecule has 5 nitrogen and oxygen atoms in total. The molecule has 1 N–H and O–H groups in total. The summed E-state index contributed by atoms with van der Waals surface area (Å²) in [6, 6.07) is 2.79. The summed E-state index contributed by atoms with van der Waals surface area (Å²) in [6.07, 6.45) is 6.67. The van der Waals surface area contributed by atoms with Crippen LogP contribution in [-0.2, 0) is 0 Å². The zero-order chi connectivity index (χ0) is 13.8. The third-order valence-corrected chi connectivity index (χ3v) is 4.05. The number of likely N-dealkylation sites (tertiary alicyclic amines) is 1. The van der Waals surface area contributed by atoms with Crippen LogP contribution in [0.3, 0.4) is 0 Å². The van der Waals surface area contributed by atoms with Gasteiger partial charge in [0.25, 0.3) is 0 Å². The fourth-order valence-electron chi connectivity index (χ4n) is 2.77. The van der Waals surface area contributed by atoms with Gasteiger partial charge in [0.05, 0.1) is 6.61 Å². The van der Waals surface area contributed by atoms with Crippen LogP contribution in [-0.4, -0.2) is 47.2 Å². The SMILES string of the molecule is CCCOc1cc(NCC2CCN(C3CC3)C2)ncn1. The van der Waals surface area contributed by atoms with E-state index in [0.717, 1.165) is 30.7 Å². The maximum Gasteiger partial charge on any atom is 0.218 e. The molecule has 1 atom stereocenters. The zero-order valence-corrected chi connectivity index (χ0v) is 12.2. The second-order valence-electron chi connectivity index (χ2n) is 5.85. The normalized spacial score (nSPS) is 22.9. The fourth-order valence-corrected chi connectivity index (χ4v) is 2.77. The Balaban J connectivity index is 1.45. The lowest BCUT2D eigenvalue weighted by molar-refractivity contribution is 0.305. The summed E-state index contributed by atoms with van der Waals surface area (Å²) in [5.41, 5.74) is 0. The Labute approximate surface area is 120 Å². The Kier molecular flexibility index (Phi) is 4.35. The molecule has 0 spiro atoms. The smallest absolute Gasteiger partial charge is 0.218 e. The lowest BCUT2D eigenvalue weighted by atomic mass is 10.1. The van der Waals surface area contributed by atoms with Gasteiger partial charge in [-0.05, 0) is 38.1 Å². The minimum Gasteiger partial charge on any atom is -0.478 e. The van der Waals surface area contributed by atoms with Crippen molar-refractivity contribution in [1.29, 1.82) is 0 Å². The third-order valence-electron chi connectivity index (χ3n) is 4.05. The summed E-state index contributed by atoms with van der Waals surface area (Å²) < 4.78 is 5.53. The molecule has 1 aliphatic carbocycles. The van der Waals surface area contributed by atoms with Crippen LogP contribution in [0, 0.1) is 5.92 Å². The summed E-state index contributed by atoms with van der Waals surface area (Å²) in [5.74, 6) is 2.27. The van der Waals surface area contributed by atoms with Gasteiger partial charge in [0.2, 0.25) is 5.88 Å². The van der Waals surface area contributed by atoms with Crippen molar-refractivity contribution in [2.24, 2.45) is 5.92 Å². The molecular weight excluding hydrogens is 252 g/mol. The van der Waals surface area contributed by atoms with Crippen molar-refractivity contribution >= 4 is 5.82 Å². The first-order valence-corrected chi connectivity index (χ1v) is 7.78. The number of aromatic nitrogens is 2. The van der Waals surface area contributed by atoms with Gasteiger partial charge in [-0.1, -0.05) is 6.92 Å². The van der Waals surface area contributed by atoms with Crippen molar-refractivity contribution in [3.63, 3.8) is 0 Å². The van der Waals surface area contributed by atoms with Gasteiger partial charge in [-0.15, -0.1) is 0 Å². The standard InChI is InChI=1S/C15H24N4O/c1-2-7-20-15-8-14(17-11-18-15)16-9-12-5-6-19(10-12)13-3-4-13/h8,11-13H,2-7,9-10H2,1H3,(H,16,17,18). The molecule has 20 heavy (non-hydrogen) atoms. The van der Waals surface area contributed by atoms with Gasteiger partial charge in [0.1, 0.15) is 12.1 Å². The van der Waals surface area contributed by atoms with Crippen molar-refractivity contribution in [2.45, 2.75) is 38.6 Å². The van der Waals surface area contributed by atoms with E-state index in [9.17, 15) is 0 Å². The molecule has 0 aromatic carbocycles. The highest BCUT2D eigenvalue weighted by molar-refractivity contribution is 5.37. The van der Waals surface area contributed by atoms with Crippen LogP contribution in [0.1, 0.15) is 32.6 Å². The van der Waals surface area contributed by atoms with Gasteiger partial charge in [-0.2, -0.15) is 0 Å². The summed E-state index contributed by atoms with van der Waals surface area (Å²) in [5, 5.41) is 3.43. The maximum atomic E-state index is 5.53. The Hall–Kier alpha value is -1.36. The molecule has 0 amide bonds. The first-order chi connectivity index (χ1) is 9.85. The molecule has 3 rings (SSSR count). The van der Waals surface area contributed by atoms with E-state index in [2.05, 4.69) is 27.1 Å². The van der Waals surface area contributed by atoms with E-state index in [1.54, 1.807) is 6.33 Å². The highest BCUT2D eigenvalue weighted by Gasteiger charge is 2.34. The first kappa shape index (κ1) is 13.6. The fraction of sp³-hybridized carbons (Fsp3) is 0.733.